The molecule has 0 unspecified atom stereocenters. The highest BCUT2D eigenvalue weighted by molar-refractivity contribution is 7.89. The average Bonchev–Trinajstić information content (AvgIpc) is 2.86. The van der Waals surface area contributed by atoms with Gasteiger partial charge in [-0.25, -0.2) is 13.2 Å². The molecule has 108 valence electrons. The molecule has 1 aromatic heterocycles. The monoisotopic (exact) mass is 318 g/mol. The number of piperazine rings is 1. The molecule has 0 radical (unpaired) electrons. The van der Waals surface area contributed by atoms with Crippen LogP contribution < -0.4 is 5.32 Å². The maximum Gasteiger partial charge on any atom is 0.349 e. The number of carbonyl (C=O) groups is 3. The van der Waals surface area contributed by atoms with E-state index in [-0.39, 0.29) is 9.77 Å². The lowest BCUT2D eigenvalue weighted by atomic mass is 10.4. The smallest absolute Gasteiger partial charge is 0.349 e. The summed E-state index contributed by atoms with van der Waals surface area (Å²) in [6.45, 7) is -0.935. The molecule has 10 heteroatoms. The molecule has 2 rings (SSSR count). The van der Waals surface area contributed by atoms with E-state index < -0.39 is 40.9 Å². The van der Waals surface area contributed by atoms with Crippen LogP contribution in [0.15, 0.2) is 16.3 Å². The fourth-order valence-electron chi connectivity index (χ4n) is 1.66. The normalized spacial score (nSPS) is 16.9. The van der Waals surface area contributed by atoms with Crippen LogP contribution in [0.2, 0.25) is 0 Å². The molecule has 0 saturated carbocycles. The van der Waals surface area contributed by atoms with Crippen molar-refractivity contribution in [3.05, 3.63) is 16.3 Å². The first kappa shape index (κ1) is 14.6. The number of hydrogen-bond acceptors (Lipinski definition) is 7. The standard InChI is InChI=1S/C10H10N2O6S2/c1-18-10(15)9-6(2-3-19-9)20(16,17)12-4-7(13)11-8(14)5-12/h2-3H,4-5H2,1H3,(H,11,13,14). The predicted octanol–water partition coefficient (Wildman–Crippen LogP) is -0.818. The molecule has 0 aliphatic carbocycles. The molecule has 1 saturated heterocycles. The van der Waals surface area contributed by atoms with Crippen LogP contribution >= 0.6 is 11.3 Å². The van der Waals surface area contributed by atoms with Gasteiger partial charge in [0.05, 0.1) is 20.2 Å². The van der Waals surface area contributed by atoms with Gasteiger partial charge in [-0.3, -0.25) is 14.9 Å². The topological polar surface area (TPSA) is 110 Å². The SMILES string of the molecule is COC(=O)c1sccc1S(=O)(=O)N1CC(=O)NC(=O)C1. The predicted molar refractivity (Wildman–Crippen MR) is 67.6 cm³/mol. The van der Waals surface area contributed by atoms with E-state index in [1.54, 1.807) is 0 Å². The highest BCUT2D eigenvalue weighted by atomic mass is 32.2. The molecule has 0 aromatic carbocycles. The van der Waals surface area contributed by atoms with Gasteiger partial charge in [0.1, 0.15) is 9.77 Å². The minimum atomic E-state index is -4.11. The molecule has 2 heterocycles. The van der Waals surface area contributed by atoms with Gasteiger partial charge in [0.2, 0.25) is 21.8 Å². The van der Waals surface area contributed by atoms with Crippen LogP contribution in [-0.2, 0) is 24.3 Å². The second-order valence-corrected chi connectivity index (χ2v) is 6.67. The first-order valence-electron chi connectivity index (χ1n) is 5.35. The highest BCUT2D eigenvalue weighted by Crippen LogP contribution is 2.26. The third-order valence-corrected chi connectivity index (χ3v) is 5.39. The zero-order chi connectivity index (χ0) is 14.9. The van der Waals surface area contributed by atoms with E-state index in [2.05, 4.69) is 4.74 Å². The number of esters is 1. The number of ether oxygens (including phenoxy) is 1. The van der Waals surface area contributed by atoms with Crippen molar-refractivity contribution in [1.29, 1.82) is 0 Å². The lowest BCUT2D eigenvalue weighted by molar-refractivity contribution is -0.134. The molecule has 8 nitrogen and oxygen atoms in total. The summed E-state index contributed by atoms with van der Waals surface area (Å²) in [5, 5.41) is 3.42. The largest absolute Gasteiger partial charge is 0.465 e. The van der Waals surface area contributed by atoms with E-state index in [1.807, 2.05) is 5.32 Å². The van der Waals surface area contributed by atoms with Crippen LogP contribution in [0.3, 0.4) is 0 Å². The summed E-state index contributed by atoms with van der Waals surface area (Å²) in [5.41, 5.74) is 0. The molecule has 2 amide bonds. The van der Waals surface area contributed by atoms with Crippen LogP contribution in [0.25, 0.3) is 0 Å². The molecule has 1 aliphatic rings. The maximum atomic E-state index is 12.4. The Hall–Kier alpha value is -1.78. The third-order valence-electron chi connectivity index (χ3n) is 2.54. The molecule has 20 heavy (non-hydrogen) atoms. The number of rotatable bonds is 3. The third kappa shape index (κ3) is 2.57. The molecule has 1 aromatic rings. The second kappa shape index (κ2) is 5.31. The Labute approximate surface area is 118 Å². The summed E-state index contributed by atoms with van der Waals surface area (Å²) in [6, 6.07) is 1.24. The maximum absolute atomic E-state index is 12.4. The highest BCUT2D eigenvalue weighted by Gasteiger charge is 2.35. The van der Waals surface area contributed by atoms with Crippen molar-refractivity contribution in [1.82, 2.24) is 9.62 Å². The van der Waals surface area contributed by atoms with Crippen molar-refractivity contribution in [2.75, 3.05) is 20.2 Å². The molecular formula is C10H10N2O6S2. The number of methoxy groups -OCH3 is 1. The molecule has 1 N–H and O–H groups in total. The van der Waals surface area contributed by atoms with Crippen molar-refractivity contribution in [2.45, 2.75) is 4.90 Å². The zero-order valence-electron chi connectivity index (χ0n) is 10.3. The molecule has 1 aliphatic heterocycles. The second-order valence-electron chi connectivity index (χ2n) is 3.85. The van der Waals surface area contributed by atoms with Crippen LogP contribution in [0, 0.1) is 0 Å². The Bertz CT molecular complexity index is 662. The van der Waals surface area contributed by atoms with Gasteiger partial charge >= 0.3 is 5.97 Å². The fourth-order valence-corrected chi connectivity index (χ4v) is 4.32. The number of imide groups is 1. The van der Waals surface area contributed by atoms with E-state index in [0.717, 1.165) is 22.8 Å². The number of amides is 2. The van der Waals surface area contributed by atoms with Crippen molar-refractivity contribution < 1.29 is 27.5 Å². The van der Waals surface area contributed by atoms with Crippen LogP contribution in [-0.4, -0.2) is 50.7 Å². The van der Waals surface area contributed by atoms with Gasteiger partial charge in [-0.15, -0.1) is 11.3 Å². The molecule has 0 spiro atoms. The molecular weight excluding hydrogens is 308 g/mol. The summed E-state index contributed by atoms with van der Waals surface area (Å²) in [5.74, 6) is -2.20. The Kier molecular flexibility index (Phi) is 3.88. The number of nitrogens with zero attached hydrogens (tertiary/aromatic N) is 1. The summed E-state index contributed by atoms with van der Waals surface area (Å²) in [4.78, 5) is 33.7. The van der Waals surface area contributed by atoms with Crippen LogP contribution in [0.4, 0.5) is 0 Å². The van der Waals surface area contributed by atoms with Gasteiger partial charge in [0, 0.05) is 0 Å². The Morgan fingerprint density at radius 2 is 1.95 bits per heavy atom. The molecule has 0 bridgehead atoms. The minimum Gasteiger partial charge on any atom is -0.465 e. The van der Waals surface area contributed by atoms with Gasteiger partial charge in [-0.2, -0.15) is 4.31 Å². The number of carbonyl (C=O) groups excluding carboxylic acids is 3. The summed E-state index contributed by atoms with van der Waals surface area (Å²) in [7, 11) is -2.97. The number of nitrogens with one attached hydrogen (secondary N) is 1. The van der Waals surface area contributed by atoms with Crippen molar-refractivity contribution in [2.24, 2.45) is 0 Å². The minimum absolute atomic E-state index is 0.0917. The van der Waals surface area contributed by atoms with E-state index in [4.69, 9.17) is 0 Å². The van der Waals surface area contributed by atoms with Crippen molar-refractivity contribution >= 4 is 39.1 Å². The van der Waals surface area contributed by atoms with E-state index in [1.165, 1.54) is 11.4 Å². The van der Waals surface area contributed by atoms with Gasteiger partial charge in [-0.05, 0) is 11.4 Å². The van der Waals surface area contributed by atoms with Gasteiger partial charge in [-0.1, -0.05) is 0 Å². The van der Waals surface area contributed by atoms with Crippen LogP contribution in [0.1, 0.15) is 9.67 Å². The first-order valence-corrected chi connectivity index (χ1v) is 7.67. The zero-order valence-corrected chi connectivity index (χ0v) is 11.9. The summed E-state index contributed by atoms with van der Waals surface area (Å²) >= 11 is 0.909. The Balaban J connectivity index is 2.40. The molecule has 0 atom stereocenters. The van der Waals surface area contributed by atoms with Gasteiger partial charge < -0.3 is 4.74 Å². The van der Waals surface area contributed by atoms with Crippen molar-refractivity contribution in [3.8, 4) is 0 Å². The summed E-state index contributed by atoms with van der Waals surface area (Å²) < 4.78 is 30.0. The van der Waals surface area contributed by atoms with E-state index in [9.17, 15) is 22.8 Å². The number of hydrogen-bond donors (Lipinski definition) is 1. The lowest BCUT2D eigenvalue weighted by Crippen LogP contribution is -2.53. The first-order chi connectivity index (χ1) is 9.36. The Morgan fingerprint density at radius 3 is 2.50 bits per heavy atom. The average molecular weight is 318 g/mol. The van der Waals surface area contributed by atoms with Crippen LogP contribution in [0.5, 0.6) is 0 Å². The quantitative estimate of drug-likeness (QED) is 0.576. The summed E-state index contributed by atoms with van der Waals surface area (Å²) in [6.07, 6.45) is 0. The lowest BCUT2D eigenvalue weighted by Gasteiger charge is -2.24. The van der Waals surface area contributed by atoms with Gasteiger partial charge in [0.15, 0.2) is 0 Å². The van der Waals surface area contributed by atoms with E-state index >= 15 is 0 Å². The van der Waals surface area contributed by atoms with Gasteiger partial charge in [0.25, 0.3) is 0 Å². The Morgan fingerprint density at radius 1 is 1.35 bits per heavy atom. The fraction of sp³-hybridized carbons (Fsp3) is 0.300. The number of thiophene rings is 1. The van der Waals surface area contributed by atoms with Crippen molar-refractivity contribution in [3.63, 3.8) is 0 Å². The van der Waals surface area contributed by atoms with E-state index in [0.29, 0.717) is 0 Å². The molecule has 1 fully saturated rings. The number of sulfonamides is 1.